The molecule has 5 nitrogen and oxygen atoms in total. The maximum Gasteiger partial charge on any atom is 0.192 e. The van der Waals surface area contributed by atoms with E-state index >= 15 is 0 Å². The zero-order chi connectivity index (χ0) is 13.5. The normalized spacial score (nSPS) is 22.0. The summed E-state index contributed by atoms with van der Waals surface area (Å²) < 4.78 is 0. The van der Waals surface area contributed by atoms with Crippen LogP contribution in [0.2, 0.25) is 0 Å². The summed E-state index contributed by atoms with van der Waals surface area (Å²) in [6.07, 6.45) is 0. The van der Waals surface area contributed by atoms with E-state index in [0.717, 1.165) is 5.69 Å². The van der Waals surface area contributed by atoms with Crippen LogP contribution in [0.15, 0.2) is 29.3 Å². The molecule has 1 aromatic carbocycles. The first-order chi connectivity index (χ1) is 9.10. The van der Waals surface area contributed by atoms with Crippen molar-refractivity contribution in [3.63, 3.8) is 0 Å². The molecule has 1 aromatic rings. The summed E-state index contributed by atoms with van der Waals surface area (Å²) in [7, 11) is 3.86. The smallest absolute Gasteiger partial charge is 0.192 e. The van der Waals surface area contributed by atoms with Gasteiger partial charge in [-0.2, -0.15) is 0 Å². The van der Waals surface area contributed by atoms with Crippen molar-refractivity contribution in [2.75, 3.05) is 50.5 Å². The average molecular weight is 259 g/mol. The van der Waals surface area contributed by atoms with Crippen LogP contribution in [0, 0.1) is 5.41 Å². The Morgan fingerprint density at radius 3 is 2.37 bits per heavy atom. The average Bonchev–Trinajstić information content (AvgIpc) is 2.33. The number of benzene rings is 1. The van der Waals surface area contributed by atoms with E-state index in [2.05, 4.69) is 39.3 Å². The van der Waals surface area contributed by atoms with E-state index < -0.39 is 0 Å². The van der Waals surface area contributed by atoms with Gasteiger partial charge < -0.3 is 20.9 Å². The van der Waals surface area contributed by atoms with Crippen LogP contribution in [0.1, 0.15) is 0 Å². The number of nitrogens with one attached hydrogen (secondary N) is 1. The molecule has 0 atom stereocenters. The third kappa shape index (κ3) is 2.26. The van der Waals surface area contributed by atoms with Crippen molar-refractivity contribution in [1.82, 2.24) is 4.90 Å². The molecule has 2 heterocycles. The van der Waals surface area contributed by atoms with Gasteiger partial charge in [0, 0.05) is 50.0 Å². The van der Waals surface area contributed by atoms with Gasteiger partial charge in [-0.1, -0.05) is 0 Å². The van der Waals surface area contributed by atoms with Gasteiger partial charge in [0.2, 0.25) is 0 Å². The van der Waals surface area contributed by atoms with Gasteiger partial charge in [-0.25, -0.2) is 0 Å². The fourth-order valence-electron chi connectivity index (χ4n) is 3.20. The molecule has 0 amide bonds. The van der Waals surface area contributed by atoms with Crippen molar-refractivity contribution in [2.45, 2.75) is 0 Å². The zero-order valence-electron chi connectivity index (χ0n) is 11.6. The molecule has 2 fully saturated rings. The van der Waals surface area contributed by atoms with Crippen LogP contribution < -0.4 is 16.0 Å². The third-order valence-electron chi connectivity index (χ3n) is 4.01. The first kappa shape index (κ1) is 12.3. The third-order valence-corrected chi connectivity index (χ3v) is 4.01. The molecule has 2 aliphatic rings. The molecule has 3 rings (SSSR count). The van der Waals surface area contributed by atoms with Gasteiger partial charge in [0.05, 0.1) is 0 Å². The quantitative estimate of drug-likeness (QED) is 0.609. The highest BCUT2D eigenvalue weighted by Crippen LogP contribution is 2.41. The van der Waals surface area contributed by atoms with E-state index in [1.165, 1.54) is 31.9 Å². The molecule has 0 aliphatic carbocycles. The van der Waals surface area contributed by atoms with Crippen molar-refractivity contribution < 1.29 is 0 Å². The Morgan fingerprint density at radius 1 is 1.21 bits per heavy atom. The van der Waals surface area contributed by atoms with Crippen LogP contribution in [0.25, 0.3) is 0 Å². The van der Waals surface area contributed by atoms with Gasteiger partial charge in [-0.15, -0.1) is 0 Å². The van der Waals surface area contributed by atoms with Crippen LogP contribution in [0.3, 0.4) is 0 Å². The molecule has 3 N–H and O–H groups in total. The van der Waals surface area contributed by atoms with Crippen molar-refractivity contribution in [3.05, 3.63) is 24.3 Å². The number of likely N-dealkylation sites (tertiary alicyclic amines) is 1. The van der Waals surface area contributed by atoms with Crippen molar-refractivity contribution >= 4 is 17.3 Å². The minimum Gasteiger partial charge on any atom is -0.370 e. The van der Waals surface area contributed by atoms with Gasteiger partial charge in [-0.3, -0.25) is 4.99 Å². The Morgan fingerprint density at radius 2 is 1.84 bits per heavy atom. The Balaban J connectivity index is 1.59. The molecule has 1 spiro atoms. The van der Waals surface area contributed by atoms with E-state index in [1.54, 1.807) is 7.05 Å². The number of anilines is 2. The lowest BCUT2D eigenvalue weighted by molar-refractivity contribution is -0.00238. The van der Waals surface area contributed by atoms with Crippen molar-refractivity contribution in [3.8, 4) is 0 Å². The molecule has 5 heteroatoms. The predicted octanol–water partition coefficient (Wildman–Crippen LogP) is 0.795. The SMILES string of the molecule is CN=C(N)Nc1ccc(N2CC3(CN(C)C3)C2)cc1. The first-order valence-corrected chi connectivity index (χ1v) is 6.63. The van der Waals surface area contributed by atoms with Crippen LogP contribution in [0.5, 0.6) is 0 Å². The molecule has 19 heavy (non-hydrogen) atoms. The van der Waals surface area contributed by atoms with Crippen LogP contribution in [-0.2, 0) is 0 Å². The topological polar surface area (TPSA) is 56.9 Å². The molecular formula is C14H21N5. The summed E-state index contributed by atoms with van der Waals surface area (Å²) in [6, 6.07) is 8.37. The lowest BCUT2D eigenvalue weighted by Crippen LogP contribution is -2.71. The van der Waals surface area contributed by atoms with Crippen LogP contribution in [-0.4, -0.2) is 51.1 Å². The van der Waals surface area contributed by atoms with E-state index in [4.69, 9.17) is 5.73 Å². The highest BCUT2D eigenvalue weighted by atomic mass is 15.3. The van der Waals surface area contributed by atoms with Crippen LogP contribution >= 0.6 is 0 Å². The summed E-state index contributed by atoms with van der Waals surface area (Å²) in [4.78, 5) is 8.71. The summed E-state index contributed by atoms with van der Waals surface area (Å²) in [5.41, 5.74) is 8.48. The monoisotopic (exact) mass is 259 g/mol. The molecule has 102 valence electrons. The summed E-state index contributed by atoms with van der Waals surface area (Å²) >= 11 is 0. The maximum absolute atomic E-state index is 5.64. The van der Waals surface area contributed by atoms with Crippen molar-refractivity contribution in [2.24, 2.45) is 16.1 Å². The maximum atomic E-state index is 5.64. The fourth-order valence-corrected chi connectivity index (χ4v) is 3.20. The number of hydrogen-bond acceptors (Lipinski definition) is 3. The first-order valence-electron chi connectivity index (χ1n) is 6.63. The molecule has 2 aliphatic heterocycles. The Labute approximate surface area is 114 Å². The lowest BCUT2D eigenvalue weighted by Gasteiger charge is -2.60. The van der Waals surface area contributed by atoms with Crippen LogP contribution in [0.4, 0.5) is 11.4 Å². The summed E-state index contributed by atoms with van der Waals surface area (Å²) in [6.45, 7) is 4.85. The highest BCUT2D eigenvalue weighted by Gasteiger charge is 2.50. The van der Waals surface area contributed by atoms with Gasteiger partial charge in [-0.05, 0) is 31.3 Å². The second kappa shape index (κ2) is 4.42. The fraction of sp³-hybridized carbons (Fsp3) is 0.500. The summed E-state index contributed by atoms with van der Waals surface area (Å²) in [5, 5.41) is 3.04. The lowest BCUT2D eigenvalue weighted by atomic mass is 9.73. The molecule has 0 radical (unpaired) electrons. The molecule has 0 saturated carbocycles. The summed E-state index contributed by atoms with van der Waals surface area (Å²) in [5.74, 6) is 0.438. The highest BCUT2D eigenvalue weighted by molar-refractivity contribution is 5.92. The van der Waals surface area contributed by atoms with Gasteiger partial charge >= 0.3 is 0 Å². The Hall–Kier alpha value is -1.75. The minimum atomic E-state index is 0.438. The molecule has 0 unspecified atom stereocenters. The molecular weight excluding hydrogens is 238 g/mol. The Kier molecular flexibility index (Phi) is 2.86. The van der Waals surface area contributed by atoms with E-state index in [-0.39, 0.29) is 0 Å². The number of hydrogen-bond donors (Lipinski definition) is 2. The number of guanidine groups is 1. The van der Waals surface area contributed by atoms with E-state index in [0.29, 0.717) is 11.4 Å². The minimum absolute atomic E-state index is 0.438. The molecule has 0 bridgehead atoms. The predicted molar refractivity (Wildman–Crippen MR) is 79.8 cm³/mol. The zero-order valence-corrected chi connectivity index (χ0v) is 11.6. The van der Waals surface area contributed by atoms with Gasteiger partial charge in [0.25, 0.3) is 0 Å². The van der Waals surface area contributed by atoms with Gasteiger partial charge in [0.15, 0.2) is 5.96 Å². The number of nitrogens with zero attached hydrogens (tertiary/aromatic N) is 3. The largest absolute Gasteiger partial charge is 0.370 e. The standard InChI is InChI=1S/C14H21N5/c1-16-13(15)17-11-3-5-12(6-4-11)19-9-14(10-19)7-18(2)8-14/h3-6H,7-10H2,1-2H3,(H3,15,16,17). The number of rotatable bonds is 2. The second-order valence-corrected chi connectivity index (χ2v) is 5.81. The number of aliphatic imine (C=N–C) groups is 1. The number of nitrogens with two attached hydrogens (primary N) is 1. The van der Waals surface area contributed by atoms with E-state index in [9.17, 15) is 0 Å². The Bertz CT molecular complexity index is 479. The second-order valence-electron chi connectivity index (χ2n) is 5.81. The van der Waals surface area contributed by atoms with Crippen molar-refractivity contribution in [1.29, 1.82) is 0 Å². The van der Waals surface area contributed by atoms with E-state index in [1.807, 2.05) is 12.1 Å². The van der Waals surface area contributed by atoms with Gasteiger partial charge in [0.1, 0.15) is 0 Å². The molecule has 0 aromatic heterocycles. The molecule has 2 saturated heterocycles.